The molecular formula is C34H31F3N2O5. The molecule has 3 aromatic carbocycles. The van der Waals surface area contributed by atoms with Crippen LogP contribution < -0.4 is 9.47 Å². The molecule has 0 radical (unpaired) electrons. The maximum Gasteiger partial charge on any atom is 0.573 e. The highest BCUT2D eigenvalue weighted by molar-refractivity contribution is 6.06. The summed E-state index contributed by atoms with van der Waals surface area (Å²) in [4.78, 5) is 12.0. The molecule has 44 heavy (non-hydrogen) atoms. The monoisotopic (exact) mass is 604 g/mol. The van der Waals surface area contributed by atoms with Crippen molar-refractivity contribution < 1.29 is 37.1 Å². The number of aromatic carboxylic acids is 1. The summed E-state index contributed by atoms with van der Waals surface area (Å²) < 4.78 is 57.5. The summed E-state index contributed by atoms with van der Waals surface area (Å²) in [6.45, 7) is 7.90. The molecule has 0 bridgehead atoms. The van der Waals surface area contributed by atoms with Gasteiger partial charge in [-0.25, -0.2) is 4.79 Å². The molecule has 1 fully saturated rings. The molecule has 1 aliphatic carbocycles. The van der Waals surface area contributed by atoms with Gasteiger partial charge in [-0.15, -0.1) is 13.2 Å². The van der Waals surface area contributed by atoms with Crippen LogP contribution in [0.25, 0.3) is 33.3 Å². The fraction of sp³-hybridized carbons (Fsp3) is 0.294. The second-order valence-electron chi connectivity index (χ2n) is 11.4. The maximum atomic E-state index is 13.1. The highest BCUT2D eigenvalue weighted by atomic mass is 19.4. The van der Waals surface area contributed by atoms with Crippen LogP contribution in [-0.4, -0.2) is 27.2 Å². The summed E-state index contributed by atoms with van der Waals surface area (Å²) in [5, 5.41) is 14.7. The molecule has 6 rings (SSSR count). The number of hydrogen-bond donors (Lipinski definition) is 1. The first-order chi connectivity index (χ1) is 20.9. The lowest BCUT2D eigenvalue weighted by atomic mass is 9.98. The number of carboxylic acids is 1. The van der Waals surface area contributed by atoms with E-state index in [9.17, 15) is 23.1 Å². The first-order valence-electron chi connectivity index (χ1n) is 14.4. The summed E-state index contributed by atoms with van der Waals surface area (Å²) >= 11 is 0. The number of aromatic nitrogens is 2. The molecule has 10 heteroatoms. The van der Waals surface area contributed by atoms with Gasteiger partial charge in [-0.2, -0.15) is 0 Å². The van der Waals surface area contributed by atoms with Crippen molar-refractivity contribution in [3.63, 3.8) is 0 Å². The number of rotatable bonds is 9. The van der Waals surface area contributed by atoms with Crippen LogP contribution in [0.4, 0.5) is 13.2 Å². The van der Waals surface area contributed by atoms with Crippen molar-refractivity contribution in [1.29, 1.82) is 0 Å². The Labute approximate surface area is 251 Å². The van der Waals surface area contributed by atoms with E-state index < -0.39 is 12.3 Å². The summed E-state index contributed by atoms with van der Waals surface area (Å²) in [6.07, 6.45) is -3.03. The van der Waals surface area contributed by atoms with E-state index in [1.165, 1.54) is 18.2 Å². The topological polar surface area (TPSA) is 86.7 Å². The van der Waals surface area contributed by atoms with E-state index in [1.54, 1.807) is 6.07 Å². The number of hydrogen-bond acceptors (Lipinski definition) is 5. The van der Waals surface area contributed by atoms with E-state index >= 15 is 0 Å². The number of para-hydroxylation sites is 1. The number of alkyl halides is 3. The van der Waals surface area contributed by atoms with Gasteiger partial charge >= 0.3 is 12.3 Å². The number of nitrogens with zero attached hydrogens (tertiary/aromatic N) is 2. The van der Waals surface area contributed by atoms with E-state index in [1.807, 2.05) is 68.7 Å². The number of ether oxygens (including phenoxy) is 2. The van der Waals surface area contributed by atoms with Crippen LogP contribution in [0.2, 0.25) is 0 Å². The van der Waals surface area contributed by atoms with Crippen molar-refractivity contribution in [3.8, 4) is 33.9 Å². The molecule has 0 unspecified atom stereocenters. The Kier molecular flexibility index (Phi) is 7.39. The average Bonchev–Trinajstić information content (AvgIpc) is 3.63. The van der Waals surface area contributed by atoms with Crippen LogP contribution >= 0.6 is 0 Å². The summed E-state index contributed by atoms with van der Waals surface area (Å²) in [6, 6.07) is 17.4. The van der Waals surface area contributed by atoms with Gasteiger partial charge < -0.3 is 23.7 Å². The van der Waals surface area contributed by atoms with E-state index in [4.69, 9.17) is 9.26 Å². The molecule has 228 valence electrons. The Morgan fingerprint density at radius 1 is 1.07 bits per heavy atom. The fourth-order valence-electron chi connectivity index (χ4n) is 5.96. The lowest BCUT2D eigenvalue weighted by molar-refractivity contribution is -0.274. The molecule has 1 aliphatic rings. The number of halogens is 3. The van der Waals surface area contributed by atoms with Gasteiger partial charge in [-0.1, -0.05) is 35.5 Å². The number of aryl methyl sites for hydroxylation is 1. The molecule has 2 heterocycles. The van der Waals surface area contributed by atoms with Gasteiger partial charge in [0.2, 0.25) is 0 Å². The highest BCUT2D eigenvalue weighted by Crippen LogP contribution is 2.46. The first kappa shape index (κ1) is 29.3. The Hall–Kier alpha value is -4.73. The zero-order valence-electron chi connectivity index (χ0n) is 24.7. The average molecular weight is 605 g/mol. The van der Waals surface area contributed by atoms with Gasteiger partial charge in [0.1, 0.15) is 29.6 Å². The SMILES string of the molecule is Cc1cc(OCc2c(-c3ccccc3OC(F)(F)F)noc2C2CC2)ccc1-c1ccc2c(C(=O)O)c(C)n(C(C)C)c2c1. The number of carbonyl (C=O) groups is 1. The van der Waals surface area contributed by atoms with E-state index in [2.05, 4.69) is 9.89 Å². The van der Waals surface area contributed by atoms with Crippen molar-refractivity contribution in [2.75, 3.05) is 0 Å². The normalized spacial score (nSPS) is 13.5. The molecule has 1 saturated carbocycles. The third kappa shape index (κ3) is 5.52. The second kappa shape index (κ2) is 11.1. The molecule has 5 aromatic rings. The van der Waals surface area contributed by atoms with Crippen molar-refractivity contribution >= 4 is 16.9 Å². The highest BCUT2D eigenvalue weighted by Gasteiger charge is 2.36. The molecule has 0 spiro atoms. The number of carboxylic acid groups (broad SMARTS) is 1. The van der Waals surface area contributed by atoms with Gasteiger partial charge in [0.05, 0.1) is 11.1 Å². The zero-order valence-corrected chi connectivity index (χ0v) is 24.7. The van der Waals surface area contributed by atoms with Gasteiger partial charge in [-0.3, -0.25) is 0 Å². The predicted molar refractivity (Wildman–Crippen MR) is 159 cm³/mol. The van der Waals surface area contributed by atoms with Crippen molar-refractivity contribution in [2.24, 2.45) is 0 Å². The third-order valence-electron chi connectivity index (χ3n) is 8.01. The Morgan fingerprint density at radius 2 is 1.82 bits per heavy atom. The molecular weight excluding hydrogens is 573 g/mol. The van der Waals surface area contributed by atoms with Crippen LogP contribution in [-0.2, 0) is 6.61 Å². The van der Waals surface area contributed by atoms with Gasteiger partial charge in [-0.05, 0) is 87.6 Å². The minimum atomic E-state index is -4.85. The van der Waals surface area contributed by atoms with Crippen molar-refractivity contribution in [2.45, 2.75) is 65.5 Å². The quantitative estimate of drug-likeness (QED) is 0.181. The summed E-state index contributed by atoms with van der Waals surface area (Å²) in [5.41, 5.74) is 5.76. The Morgan fingerprint density at radius 3 is 2.48 bits per heavy atom. The molecule has 0 amide bonds. The number of fused-ring (bicyclic) bond motifs is 1. The van der Waals surface area contributed by atoms with Crippen LogP contribution in [0.1, 0.15) is 71.6 Å². The fourth-order valence-corrected chi connectivity index (χ4v) is 5.96. The standard InChI is InChI=1S/C34H31F3N2O5/c1-18(2)39-20(4)30(33(40)41)25-13-11-22(16-28(25)39)24-14-12-23(15-19(24)3)42-17-27-31(38-44-32(27)21-9-10-21)26-7-5-6-8-29(26)43-34(35,36)37/h5-8,11-16,18,21H,9-10,17H2,1-4H3,(H,40,41). The molecule has 1 N–H and O–H groups in total. The first-order valence-corrected chi connectivity index (χ1v) is 14.4. The largest absolute Gasteiger partial charge is 0.573 e. The minimum Gasteiger partial charge on any atom is -0.489 e. The van der Waals surface area contributed by atoms with Crippen LogP contribution in [0.15, 0.2) is 65.2 Å². The van der Waals surface area contributed by atoms with E-state index in [0.717, 1.165) is 35.0 Å². The van der Waals surface area contributed by atoms with Crippen LogP contribution in [0, 0.1) is 13.8 Å². The minimum absolute atomic E-state index is 0.0505. The lowest BCUT2D eigenvalue weighted by Crippen LogP contribution is -2.17. The zero-order chi connectivity index (χ0) is 31.3. The van der Waals surface area contributed by atoms with Crippen LogP contribution in [0.5, 0.6) is 11.5 Å². The van der Waals surface area contributed by atoms with Gasteiger partial charge in [0.15, 0.2) is 0 Å². The van der Waals surface area contributed by atoms with E-state index in [-0.39, 0.29) is 35.6 Å². The van der Waals surface area contributed by atoms with Gasteiger partial charge in [0.25, 0.3) is 0 Å². The second-order valence-corrected chi connectivity index (χ2v) is 11.4. The smallest absolute Gasteiger partial charge is 0.489 e. The molecule has 2 aromatic heterocycles. The summed E-state index contributed by atoms with van der Waals surface area (Å²) in [7, 11) is 0. The Bertz CT molecular complexity index is 1880. The van der Waals surface area contributed by atoms with Crippen molar-refractivity contribution in [3.05, 3.63) is 88.8 Å². The van der Waals surface area contributed by atoms with E-state index in [0.29, 0.717) is 33.7 Å². The molecule has 0 atom stereocenters. The maximum absolute atomic E-state index is 13.1. The predicted octanol–water partition coefficient (Wildman–Crippen LogP) is 9.21. The summed E-state index contributed by atoms with van der Waals surface area (Å²) in [5.74, 6) is 0.0424. The number of benzene rings is 3. The Balaban J connectivity index is 1.30. The molecule has 0 saturated heterocycles. The van der Waals surface area contributed by atoms with Crippen molar-refractivity contribution in [1.82, 2.24) is 9.72 Å². The third-order valence-corrected chi connectivity index (χ3v) is 8.01. The molecule has 0 aliphatic heterocycles. The lowest BCUT2D eigenvalue weighted by Gasteiger charge is -2.15. The van der Waals surface area contributed by atoms with Crippen LogP contribution in [0.3, 0.4) is 0 Å². The van der Waals surface area contributed by atoms with Gasteiger partial charge in [0, 0.05) is 34.1 Å². The molecule has 7 nitrogen and oxygen atoms in total.